The molecule has 2 N–H and O–H groups in total. The van der Waals surface area contributed by atoms with Crippen LogP contribution in [0.15, 0.2) is 12.2 Å². The molecule has 0 fully saturated rings. The summed E-state index contributed by atoms with van der Waals surface area (Å²) in [6.07, 6.45) is 16.3. The average molecular weight is 283 g/mol. The van der Waals surface area contributed by atoms with Gasteiger partial charge in [-0.3, -0.25) is 4.79 Å². The topological polar surface area (TPSA) is 52.3 Å². The maximum Gasteiger partial charge on any atom is 0.306 e. The zero-order valence-electron chi connectivity index (χ0n) is 13.2. The van der Waals surface area contributed by atoms with E-state index in [2.05, 4.69) is 13.0 Å². The van der Waals surface area contributed by atoms with Crippen molar-refractivity contribution >= 4 is 5.97 Å². The minimum atomic E-state index is -0.0699. The van der Waals surface area contributed by atoms with Crippen LogP contribution >= 0.6 is 0 Å². The van der Waals surface area contributed by atoms with Gasteiger partial charge in [0.2, 0.25) is 0 Å². The molecule has 0 spiro atoms. The summed E-state index contributed by atoms with van der Waals surface area (Å²) >= 11 is 0. The second-order valence-corrected chi connectivity index (χ2v) is 5.31. The van der Waals surface area contributed by atoms with Gasteiger partial charge in [0.05, 0.1) is 0 Å². The number of nitrogens with two attached hydrogens (primary N) is 1. The van der Waals surface area contributed by atoms with E-state index in [1.807, 2.05) is 6.08 Å². The quantitative estimate of drug-likeness (QED) is 0.293. The van der Waals surface area contributed by atoms with E-state index in [-0.39, 0.29) is 5.97 Å². The highest BCUT2D eigenvalue weighted by molar-refractivity contribution is 5.69. The summed E-state index contributed by atoms with van der Waals surface area (Å²) < 4.78 is 5.15. The fourth-order valence-electron chi connectivity index (χ4n) is 2.03. The van der Waals surface area contributed by atoms with Crippen molar-refractivity contribution in [3.05, 3.63) is 12.2 Å². The predicted molar refractivity (Wildman–Crippen MR) is 85.6 cm³/mol. The summed E-state index contributed by atoms with van der Waals surface area (Å²) in [4.78, 5) is 11.4. The molecular weight excluding hydrogens is 250 g/mol. The Bertz CT molecular complexity index is 239. The van der Waals surface area contributed by atoms with E-state index < -0.39 is 0 Å². The monoisotopic (exact) mass is 283 g/mol. The molecule has 3 nitrogen and oxygen atoms in total. The van der Waals surface area contributed by atoms with Crippen molar-refractivity contribution in [3.63, 3.8) is 0 Å². The molecule has 0 aliphatic heterocycles. The molecule has 0 rings (SSSR count). The van der Waals surface area contributed by atoms with E-state index >= 15 is 0 Å². The molecule has 0 bridgehead atoms. The van der Waals surface area contributed by atoms with Crippen LogP contribution in [0.3, 0.4) is 0 Å². The van der Waals surface area contributed by atoms with Gasteiger partial charge in [-0.2, -0.15) is 0 Å². The van der Waals surface area contributed by atoms with E-state index in [4.69, 9.17) is 10.5 Å². The van der Waals surface area contributed by atoms with Crippen molar-refractivity contribution in [2.45, 2.75) is 77.6 Å². The number of hydrogen-bond acceptors (Lipinski definition) is 3. The normalized spacial score (nSPS) is 11.1. The lowest BCUT2D eigenvalue weighted by atomic mass is 10.1. The molecule has 0 atom stereocenters. The van der Waals surface area contributed by atoms with Crippen LogP contribution in [-0.4, -0.2) is 19.1 Å². The Balaban J connectivity index is 3.25. The largest absolute Gasteiger partial charge is 0.461 e. The van der Waals surface area contributed by atoms with Gasteiger partial charge in [-0.1, -0.05) is 57.6 Å². The van der Waals surface area contributed by atoms with Gasteiger partial charge in [0.1, 0.15) is 6.61 Å². The minimum Gasteiger partial charge on any atom is -0.461 e. The highest BCUT2D eigenvalue weighted by atomic mass is 16.5. The molecule has 0 heterocycles. The maximum absolute atomic E-state index is 11.4. The summed E-state index contributed by atoms with van der Waals surface area (Å²) in [6.45, 7) is 3.42. The molecular formula is C17H33NO2. The number of esters is 1. The lowest BCUT2D eigenvalue weighted by Crippen LogP contribution is -2.04. The number of carbonyl (C=O) groups is 1. The molecule has 0 saturated heterocycles. The number of carbonyl (C=O) groups excluding carboxylic acids is 1. The lowest BCUT2D eigenvalue weighted by molar-refractivity contribution is -0.142. The molecule has 118 valence electrons. The van der Waals surface area contributed by atoms with Crippen molar-refractivity contribution < 1.29 is 9.53 Å². The summed E-state index contributed by atoms with van der Waals surface area (Å²) in [6, 6.07) is 0. The molecule has 0 unspecified atom stereocenters. The van der Waals surface area contributed by atoms with Crippen LogP contribution in [0.25, 0.3) is 0 Å². The van der Waals surface area contributed by atoms with Crippen molar-refractivity contribution in [1.82, 2.24) is 0 Å². The molecule has 0 aromatic heterocycles. The van der Waals surface area contributed by atoms with E-state index in [9.17, 15) is 4.79 Å². The fraction of sp³-hybridized carbons (Fsp3) is 0.824. The number of unbranched alkanes of at least 4 members (excludes halogenated alkanes) is 8. The van der Waals surface area contributed by atoms with Gasteiger partial charge in [-0.15, -0.1) is 0 Å². The SMILES string of the molecule is CCCCCC/C=C\COC(=O)CCCCCCCN. The van der Waals surface area contributed by atoms with Crippen LogP contribution in [0, 0.1) is 0 Å². The van der Waals surface area contributed by atoms with E-state index in [0.29, 0.717) is 13.0 Å². The Kier molecular flexibility index (Phi) is 15.6. The molecule has 0 aromatic rings. The van der Waals surface area contributed by atoms with Gasteiger partial charge in [0, 0.05) is 6.42 Å². The first-order chi connectivity index (χ1) is 9.81. The summed E-state index contributed by atoms with van der Waals surface area (Å²) in [7, 11) is 0. The summed E-state index contributed by atoms with van der Waals surface area (Å²) in [5.74, 6) is -0.0699. The third-order valence-corrected chi connectivity index (χ3v) is 3.32. The van der Waals surface area contributed by atoms with Crippen LogP contribution < -0.4 is 5.73 Å². The van der Waals surface area contributed by atoms with Crippen LogP contribution in [0.4, 0.5) is 0 Å². The Morgan fingerprint density at radius 2 is 1.65 bits per heavy atom. The molecule has 0 amide bonds. The highest BCUT2D eigenvalue weighted by Gasteiger charge is 2.00. The fourth-order valence-corrected chi connectivity index (χ4v) is 2.03. The Morgan fingerprint density at radius 3 is 2.40 bits per heavy atom. The van der Waals surface area contributed by atoms with Crippen molar-refractivity contribution in [2.24, 2.45) is 5.73 Å². The zero-order valence-corrected chi connectivity index (χ0v) is 13.2. The van der Waals surface area contributed by atoms with Crippen molar-refractivity contribution in [2.75, 3.05) is 13.2 Å². The van der Waals surface area contributed by atoms with Gasteiger partial charge in [-0.25, -0.2) is 0 Å². The van der Waals surface area contributed by atoms with Crippen molar-refractivity contribution in [1.29, 1.82) is 0 Å². The molecule has 0 aromatic carbocycles. The second kappa shape index (κ2) is 16.2. The third-order valence-electron chi connectivity index (χ3n) is 3.32. The standard InChI is InChI=1S/C17H33NO2/c1-2-3-4-5-6-10-13-16-20-17(19)14-11-8-7-9-12-15-18/h10,13H,2-9,11-12,14-16,18H2,1H3/b13-10-. The first kappa shape index (κ1) is 19.2. The molecule has 20 heavy (non-hydrogen) atoms. The molecule has 0 aliphatic carbocycles. The molecule has 0 saturated carbocycles. The molecule has 0 radical (unpaired) electrons. The van der Waals surface area contributed by atoms with Crippen LogP contribution in [0.5, 0.6) is 0 Å². The van der Waals surface area contributed by atoms with Gasteiger partial charge in [0.25, 0.3) is 0 Å². The van der Waals surface area contributed by atoms with E-state index in [1.54, 1.807) is 0 Å². The van der Waals surface area contributed by atoms with Crippen LogP contribution in [-0.2, 0) is 9.53 Å². The summed E-state index contributed by atoms with van der Waals surface area (Å²) in [5.41, 5.74) is 5.42. The zero-order chi connectivity index (χ0) is 14.9. The first-order valence-corrected chi connectivity index (χ1v) is 8.32. The van der Waals surface area contributed by atoms with Crippen LogP contribution in [0.1, 0.15) is 77.6 Å². The molecule has 0 aliphatic rings. The highest BCUT2D eigenvalue weighted by Crippen LogP contribution is 2.06. The number of rotatable bonds is 14. The molecule has 3 heteroatoms. The van der Waals surface area contributed by atoms with Crippen LogP contribution in [0.2, 0.25) is 0 Å². The number of allylic oxidation sites excluding steroid dienone is 1. The Hall–Kier alpha value is -0.830. The van der Waals surface area contributed by atoms with Crippen molar-refractivity contribution in [3.8, 4) is 0 Å². The third kappa shape index (κ3) is 15.2. The first-order valence-electron chi connectivity index (χ1n) is 8.32. The summed E-state index contributed by atoms with van der Waals surface area (Å²) in [5, 5.41) is 0. The van der Waals surface area contributed by atoms with E-state index in [1.165, 1.54) is 38.5 Å². The lowest BCUT2D eigenvalue weighted by Gasteiger charge is -2.02. The Labute approximate surface area is 125 Å². The average Bonchev–Trinajstić information content (AvgIpc) is 2.45. The smallest absolute Gasteiger partial charge is 0.306 e. The Morgan fingerprint density at radius 1 is 0.950 bits per heavy atom. The van der Waals surface area contributed by atoms with Gasteiger partial charge in [-0.05, 0) is 32.2 Å². The van der Waals surface area contributed by atoms with Gasteiger partial charge in [0.15, 0.2) is 0 Å². The van der Waals surface area contributed by atoms with Gasteiger partial charge >= 0.3 is 5.97 Å². The van der Waals surface area contributed by atoms with E-state index in [0.717, 1.165) is 32.2 Å². The number of hydrogen-bond donors (Lipinski definition) is 1. The predicted octanol–water partition coefficient (Wildman–Crippen LogP) is 4.36. The maximum atomic E-state index is 11.4. The second-order valence-electron chi connectivity index (χ2n) is 5.31. The minimum absolute atomic E-state index is 0.0699. The van der Waals surface area contributed by atoms with Gasteiger partial charge < -0.3 is 10.5 Å². The number of ether oxygens (including phenoxy) is 1.